The lowest BCUT2D eigenvalue weighted by atomic mass is 10.0. The second kappa shape index (κ2) is 6.15. The third-order valence-electron chi connectivity index (χ3n) is 3.87. The summed E-state index contributed by atoms with van der Waals surface area (Å²) in [6.07, 6.45) is 8.65. The van der Waals surface area contributed by atoms with Gasteiger partial charge >= 0.3 is 0 Å². The minimum Gasteiger partial charge on any atom is -0.306 e. The molecule has 2 unspecified atom stereocenters. The van der Waals surface area contributed by atoms with Crippen molar-refractivity contribution in [2.45, 2.75) is 58.0 Å². The van der Waals surface area contributed by atoms with Crippen molar-refractivity contribution >= 4 is 0 Å². The molecule has 1 heterocycles. The third kappa shape index (κ3) is 3.81. The number of hydrogen-bond acceptors (Lipinski definition) is 2. The zero-order chi connectivity index (χ0) is 12.1. The molecular formula is C15H24N2. The van der Waals surface area contributed by atoms with E-state index in [9.17, 15) is 0 Å². The Balaban J connectivity index is 1.88. The Bertz CT molecular complexity index is 323. The minimum atomic E-state index is 0.370. The highest BCUT2D eigenvalue weighted by molar-refractivity contribution is 5.07. The third-order valence-corrected chi connectivity index (χ3v) is 3.87. The van der Waals surface area contributed by atoms with Crippen molar-refractivity contribution in [2.24, 2.45) is 5.92 Å². The Labute approximate surface area is 105 Å². The van der Waals surface area contributed by atoms with E-state index in [4.69, 9.17) is 0 Å². The zero-order valence-corrected chi connectivity index (χ0v) is 11.0. The summed E-state index contributed by atoms with van der Waals surface area (Å²) in [5, 5.41) is 3.73. The van der Waals surface area contributed by atoms with Crippen molar-refractivity contribution in [3.8, 4) is 0 Å². The standard InChI is InChI=1S/C15H24N2/c1-12-6-5-7-14(10-9-12)17-13(2)15-8-3-4-11-16-15/h3-4,8,11-14,17H,5-7,9-10H2,1-2H3/t12?,13-,14?/m1/s1. The average molecular weight is 232 g/mol. The van der Waals surface area contributed by atoms with E-state index in [0.717, 1.165) is 11.6 Å². The van der Waals surface area contributed by atoms with Crippen molar-refractivity contribution in [1.82, 2.24) is 10.3 Å². The van der Waals surface area contributed by atoms with Crippen molar-refractivity contribution in [2.75, 3.05) is 0 Å². The van der Waals surface area contributed by atoms with Gasteiger partial charge in [0, 0.05) is 18.3 Å². The molecule has 1 N–H and O–H groups in total. The lowest BCUT2D eigenvalue weighted by Gasteiger charge is -2.21. The maximum Gasteiger partial charge on any atom is 0.0570 e. The molecule has 1 aliphatic rings. The van der Waals surface area contributed by atoms with Crippen LogP contribution in [0.5, 0.6) is 0 Å². The summed E-state index contributed by atoms with van der Waals surface area (Å²) >= 11 is 0. The molecule has 2 nitrogen and oxygen atoms in total. The first-order chi connectivity index (χ1) is 8.25. The summed E-state index contributed by atoms with van der Waals surface area (Å²) in [6, 6.07) is 7.20. The largest absolute Gasteiger partial charge is 0.306 e. The van der Waals surface area contributed by atoms with E-state index in [2.05, 4.69) is 36.3 Å². The fourth-order valence-electron chi connectivity index (χ4n) is 2.72. The highest BCUT2D eigenvalue weighted by atomic mass is 15.0. The Kier molecular flexibility index (Phi) is 4.55. The zero-order valence-electron chi connectivity index (χ0n) is 11.0. The van der Waals surface area contributed by atoms with Gasteiger partial charge in [-0.3, -0.25) is 4.98 Å². The molecule has 1 saturated carbocycles. The van der Waals surface area contributed by atoms with Crippen molar-refractivity contribution in [3.05, 3.63) is 30.1 Å². The second-order valence-corrected chi connectivity index (χ2v) is 5.45. The molecule has 0 amide bonds. The Morgan fingerprint density at radius 2 is 2.12 bits per heavy atom. The summed E-state index contributed by atoms with van der Waals surface area (Å²) in [7, 11) is 0. The Hall–Kier alpha value is -0.890. The summed E-state index contributed by atoms with van der Waals surface area (Å²) in [4.78, 5) is 4.42. The first-order valence-electron chi connectivity index (χ1n) is 6.92. The predicted octanol–water partition coefficient (Wildman–Crippen LogP) is 3.70. The van der Waals surface area contributed by atoms with Crippen LogP contribution in [0, 0.1) is 5.92 Å². The molecule has 0 aromatic carbocycles. The first kappa shape index (κ1) is 12.6. The van der Waals surface area contributed by atoms with Gasteiger partial charge in [0.05, 0.1) is 5.69 Å². The molecule has 1 aliphatic carbocycles. The molecule has 0 aliphatic heterocycles. The molecule has 2 rings (SSSR count). The molecule has 0 radical (unpaired) electrons. The molecule has 1 fully saturated rings. The number of aromatic nitrogens is 1. The lowest BCUT2D eigenvalue weighted by Crippen LogP contribution is -2.31. The molecule has 17 heavy (non-hydrogen) atoms. The smallest absolute Gasteiger partial charge is 0.0570 e. The second-order valence-electron chi connectivity index (χ2n) is 5.45. The molecule has 0 saturated heterocycles. The molecule has 3 atom stereocenters. The van der Waals surface area contributed by atoms with Gasteiger partial charge in [-0.05, 0) is 44.2 Å². The first-order valence-corrected chi connectivity index (χ1v) is 6.92. The van der Waals surface area contributed by atoms with Crippen LogP contribution in [0.4, 0.5) is 0 Å². The fourth-order valence-corrected chi connectivity index (χ4v) is 2.72. The quantitative estimate of drug-likeness (QED) is 0.804. The molecule has 1 aromatic rings. The molecule has 2 heteroatoms. The van der Waals surface area contributed by atoms with Crippen LogP contribution in [-0.4, -0.2) is 11.0 Å². The van der Waals surface area contributed by atoms with Gasteiger partial charge in [-0.1, -0.05) is 25.8 Å². The molecular weight excluding hydrogens is 208 g/mol. The Morgan fingerprint density at radius 3 is 2.88 bits per heavy atom. The predicted molar refractivity (Wildman–Crippen MR) is 71.8 cm³/mol. The van der Waals surface area contributed by atoms with Crippen LogP contribution >= 0.6 is 0 Å². The molecule has 1 aromatic heterocycles. The number of hydrogen-bond donors (Lipinski definition) is 1. The Morgan fingerprint density at radius 1 is 1.24 bits per heavy atom. The van der Waals surface area contributed by atoms with Crippen LogP contribution in [0.1, 0.15) is 57.7 Å². The monoisotopic (exact) mass is 232 g/mol. The molecule has 94 valence electrons. The maximum absolute atomic E-state index is 4.42. The average Bonchev–Trinajstić information content (AvgIpc) is 2.56. The van der Waals surface area contributed by atoms with E-state index in [1.54, 1.807) is 0 Å². The van der Waals surface area contributed by atoms with E-state index < -0.39 is 0 Å². The summed E-state index contributed by atoms with van der Waals surface area (Å²) in [5.74, 6) is 0.909. The van der Waals surface area contributed by atoms with Crippen LogP contribution in [0.3, 0.4) is 0 Å². The van der Waals surface area contributed by atoms with Gasteiger partial charge in [-0.15, -0.1) is 0 Å². The highest BCUT2D eigenvalue weighted by Crippen LogP contribution is 2.24. The number of nitrogens with zero attached hydrogens (tertiary/aromatic N) is 1. The van der Waals surface area contributed by atoms with Gasteiger partial charge in [0.15, 0.2) is 0 Å². The van der Waals surface area contributed by atoms with Crippen molar-refractivity contribution in [3.63, 3.8) is 0 Å². The van der Waals surface area contributed by atoms with E-state index in [1.807, 2.05) is 12.3 Å². The summed E-state index contributed by atoms with van der Waals surface area (Å²) in [6.45, 7) is 4.60. The van der Waals surface area contributed by atoms with Gasteiger partial charge < -0.3 is 5.32 Å². The molecule has 0 spiro atoms. The normalized spacial score (nSPS) is 27.4. The fraction of sp³-hybridized carbons (Fsp3) is 0.667. The van der Waals surface area contributed by atoms with Gasteiger partial charge in [0.25, 0.3) is 0 Å². The van der Waals surface area contributed by atoms with Gasteiger partial charge in [0.2, 0.25) is 0 Å². The summed E-state index contributed by atoms with van der Waals surface area (Å²) < 4.78 is 0. The SMILES string of the molecule is CC1CCCC(N[C@H](C)c2ccccn2)CC1. The van der Waals surface area contributed by atoms with E-state index in [-0.39, 0.29) is 0 Å². The van der Waals surface area contributed by atoms with Crippen LogP contribution in [0.25, 0.3) is 0 Å². The minimum absolute atomic E-state index is 0.370. The van der Waals surface area contributed by atoms with Crippen molar-refractivity contribution < 1.29 is 0 Å². The number of rotatable bonds is 3. The van der Waals surface area contributed by atoms with Gasteiger partial charge in [-0.2, -0.15) is 0 Å². The topological polar surface area (TPSA) is 24.9 Å². The van der Waals surface area contributed by atoms with Crippen LogP contribution < -0.4 is 5.32 Å². The van der Waals surface area contributed by atoms with Crippen LogP contribution in [0.2, 0.25) is 0 Å². The van der Waals surface area contributed by atoms with E-state index in [1.165, 1.54) is 32.1 Å². The van der Waals surface area contributed by atoms with Crippen molar-refractivity contribution in [1.29, 1.82) is 0 Å². The van der Waals surface area contributed by atoms with Crippen LogP contribution in [-0.2, 0) is 0 Å². The highest BCUT2D eigenvalue weighted by Gasteiger charge is 2.18. The van der Waals surface area contributed by atoms with Crippen LogP contribution in [0.15, 0.2) is 24.4 Å². The summed E-state index contributed by atoms with van der Waals surface area (Å²) in [5.41, 5.74) is 1.16. The number of nitrogens with one attached hydrogen (secondary N) is 1. The van der Waals surface area contributed by atoms with E-state index in [0.29, 0.717) is 12.1 Å². The van der Waals surface area contributed by atoms with E-state index >= 15 is 0 Å². The van der Waals surface area contributed by atoms with Gasteiger partial charge in [-0.25, -0.2) is 0 Å². The maximum atomic E-state index is 4.42. The van der Waals surface area contributed by atoms with Gasteiger partial charge in [0.1, 0.15) is 0 Å². The lowest BCUT2D eigenvalue weighted by molar-refractivity contribution is 0.404. The number of pyridine rings is 1. The molecule has 0 bridgehead atoms.